The van der Waals surface area contributed by atoms with Crippen LogP contribution in [0.4, 0.5) is 10.5 Å². The molecule has 1 heterocycles. The van der Waals surface area contributed by atoms with Crippen LogP contribution in [0.2, 0.25) is 0 Å². The number of carbonyl (C=O) groups excluding carboxylic acids is 1. The van der Waals surface area contributed by atoms with Gasteiger partial charge in [0.15, 0.2) is 0 Å². The molecule has 7 nitrogen and oxygen atoms in total. The van der Waals surface area contributed by atoms with Crippen molar-refractivity contribution in [2.24, 2.45) is 0 Å². The Kier molecular flexibility index (Phi) is 6.99. The summed E-state index contributed by atoms with van der Waals surface area (Å²) in [7, 11) is 0. The number of nitrogens with one attached hydrogen (secondary N) is 2. The third kappa shape index (κ3) is 5.81. The van der Waals surface area contributed by atoms with Gasteiger partial charge >= 0.3 is 6.03 Å². The molecule has 1 aromatic carbocycles. The quantitative estimate of drug-likeness (QED) is 0.592. The lowest BCUT2D eigenvalue weighted by atomic mass is 10.1. The van der Waals surface area contributed by atoms with Crippen LogP contribution < -0.4 is 10.6 Å². The lowest BCUT2D eigenvalue weighted by molar-refractivity contribution is -0.384. The minimum absolute atomic E-state index is 0.0823. The second kappa shape index (κ2) is 9.22. The topological polar surface area (TPSA) is 87.5 Å². The highest BCUT2D eigenvalue weighted by Gasteiger charge is 2.19. The normalized spacial score (nSPS) is 15.9. The second-order valence-electron chi connectivity index (χ2n) is 6.19. The average molecular weight is 334 g/mol. The molecule has 2 N–H and O–H groups in total. The van der Waals surface area contributed by atoms with Crippen molar-refractivity contribution in [3.63, 3.8) is 0 Å². The van der Waals surface area contributed by atoms with E-state index in [1.807, 2.05) is 0 Å². The molecule has 0 aliphatic carbocycles. The van der Waals surface area contributed by atoms with E-state index in [1.54, 1.807) is 12.1 Å². The summed E-state index contributed by atoms with van der Waals surface area (Å²) < 4.78 is 0. The molecule has 7 heteroatoms. The molecule has 2 rings (SSSR count). The first kappa shape index (κ1) is 18.2. The third-order valence-corrected chi connectivity index (χ3v) is 4.31. The molecule has 1 aliphatic rings. The van der Waals surface area contributed by atoms with Crippen molar-refractivity contribution in [1.29, 1.82) is 0 Å². The first-order valence-electron chi connectivity index (χ1n) is 8.58. The van der Waals surface area contributed by atoms with Crippen LogP contribution in [-0.2, 0) is 6.42 Å². The number of rotatable bonds is 7. The van der Waals surface area contributed by atoms with E-state index in [0.29, 0.717) is 13.0 Å². The molecule has 1 fully saturated rings. The van der Waals surface area contributed by atoms with Gasteiger partial charge in [-0.3, -0.25) is 10.1 Å². The summed E-state index contributed by atoms with van der Waals surface area (Å²) in [4.78, 5) is 24.5. The Morgan fingerprint density at radius 1 is 1.29 bits per heavy atom. The van der Waals surface area contributed by atoms with Gasteiger partial charge in [-0.1, -0.05) is 19.1 Å². The first-order valence-corrected chi connectivity index (χ1v) is 8.58. The van der Waals surface area contributed by atoms with Crippen LogP contribution in [-0.4, -0.2) is 48.1 Å². The lowest BCUT2D eigenvalue weighted by Crippen LogP contribution is -2.48. The van der Waals surface area contributed by atoms with Gasteiger partial charge in [-0.15, -0.1) is 0 Å². The Morgan fingerprint density at radius 3 is 2.54 bits per heavy atom. The zero-order chi connectivity index (χ0) is 17.4. The van der Waals surface area contributed by atoms with Gasteiger partial charge in [-0.05, 0) is 37.8 Å². The first-order chi connectivity index (χ1) is 11.6. The van der Waals surface area contributed by atoms with Gasteiger partial charge in [-0.25, -0.2) is 4.79 Å². The summed E-state index contributed by atoms with van der Waals surface area (Å²) in [6.45, 7) is 5.92. The van der Waals surface area contributed by atoms with Crippen molar-refractivity contribution in [2.75, 3.05) is 26.2 Å². The van der Waals surface area contributed by atoms with E-state index in [1.165, 1.54) is 18.6 Å². The Labute approximate surface area is 142 Å². The van der Waals surface area contributed by atoms with E-state index in [9.17, 15) is 14.9 Å². The molecule has 1 aromatic rings. The number of carbonyl (C=O) groups is 1. The second-order valence-corrected chi connectivity index (χ2v) is 6.19. The van der Waals surface area contributed by atoms with Gasteiger partial charge < -0.3 is 15.5 Å². The molecule has 0 unspecified atom stereocenters. The number of nitrogens with zero attached hydrogens (tertiary/aromatic N) is 2. The van der Waals surface area contributed by atoms with E-state index in [0.717, 1.165) is 38.0 Å². The van der Waals surface area contributed by atoms with Gasteiger partial charge in [0.2, 0.25) is 0 Å². The summed E-state index contributed by atoms with van der Waals surface area (Å²) >= 11 is 0. The van der Waals surface area contributed by atoms with Crippen molar-refractivity contribution < 1.29 is 9.72 Å². The minimum Gasteiger partial charge on any atom is -0.338 e. The van der Waals surface area contributed by atoms with Gasteiger partial charge in [0.05, 0.1) is 4.92 Å². The summed E-state index contributed by atoms with van der Waals surface area (Å²) in [6.07, 6.45) is 3.81. The van der Waals surface area contributed by atoms with Crippen LogP contribution in [0.15, 0.2) is 24.3 Å². The fraction of sp³-hybridized carbons (Fsp3) is 0.588. The van der Waals surface area contributed by atoms with Crippen LogP contribution in [0.25, 0.3) is 0 Å². The highest BCUT2D eigenvalue weighted by molar-refractivity contribution is 5.74. The molecule has 1 saturated heterocycles. The van der Waals surface area contributed by atoms with Gasteiger partial charge in [-0.2, -0.15) is 0 Å². The van der Waals surface area contributed by atoms with Crippen molar-refractivity contribution in [3.05, 3.63) is 39.9 Å². The van der Waals surface area contributed by atoms with E-state index in [-0.39, 0.29) is 17.8 Å². The molecular formula is C17H26N4O3. The molecule has 0 aromatic heterocycles. The monoisotopic (exact) mass is 334 g/mol. The van der Waals surface area contributed by atoms with Crippen LogP contribution in [0.1, 0.15) is 31.7 Å². The van der Waals surface area contributed by atoms with Crippen molar-refractivity contribution in [2.45, 2.75) is 38.6 Å². The average Bonchev–Trinajstić information content (AvgIpc) is 2.57. The van der Waals surface area contributed by atoms with E-state index >= 15 is 0 Å². The van der Waals surface area contributed by atoms with Gasteiger partial charge in [0, 0.05) is 37.8 Å². The third-order valence-electron chi connectivity index (χ3n) is 4.31. The maximum absolute atomic E-state index is 11.9. The number of piperidine rings is 1. The Bertz CT molecular complexity index is 539. The number of nitro groups is 1. The number of hydrogen-bond donors (Lipinski definition) is 2. The zero-order valence-electron chi connectivity index (χ0n) is 14.2. The summed E-state index contributed by atoms with van der Waals surface area (Å²) in [5, 5.41) is 16.5. The molecule has 0 atom stereocenters. The summed E-state index contributed by atoms with van der Waals surface area (Å²) in [6, 6.07) is 6.53. The van der Waals surface area contributed by atoms with Crippen LogP contribution in [0.5, 0.6) is 0 Å². The van der Waals surface area contributed by atoms with Gasteiger partial charge in [0.25, 0.3) is 5.69 Å². The molecule has 2 amide bonds. The Hall–Kier alpha value is -2.15. The smallest absolute Gasteiger partial charge is 0.315 e. The largest absolute Gasteiger partial charge is 0.338 e. The molecule has 0 bridgehead atoms. The molecule has 0 radical (unpaired) electrons. The van der Waals surface area contributed by atoms with Crippen molar-refractivity contribution in [1.82, 2.24) is 15.5 Å². The highest BCUT2D eigenvalue weighted by atomic mass is 16.6. The molecule has 1 aliphatic heterocycles. The molecule has 132 valence electrons. The number of urea groups is 1. The SMILES string of the molecule is CCCN1CCC(NC(=O)NCCc2ccc([N+](=O)[O-])cc2)CC1. The standard InChI is InChI=1S/C17H26N4O3/c1-2-11-20-12-8-15(9-13-20)19-17(22)18-10-7-14-3-5-16(6-4-14)21(23)24/h3-6,15H,2,7-13H2,1H3,(H2,18,19,22). The van der Waals surface area contributed by atoms with Crippen LogP contribution in [0.3, 0.4) is 0 Å². The maximum Gasteiger partial charge on any atom is 0.315 e. The molecule has 0 spiro atoms. The predicted octanol–water partition coefficient (Wildman–Crippen LogP) is 2.31. The number of benzene rings is 1. The van der Waals surface area contributed by atoms with Crippen LogP contribution in [0, 0.1) is 10.1 Å². The predicted molar refractivity (Wildman–Crippen MR) is 93.1 cm³/mol. The minimum atomic E-state index is -0.415. The van der Waals surface area contributed by atoms with Gasteiger partial charge in [0.1, 0.15) is 0 Å². The van der Waals surface area contributed by atoms with E-state index in [2.05, 4.69) is 22.5 Å². The fourth-order valence-electron chi connectivity index (χ4n) is 2.96. The van der Waals surface area contributed by atoms with Crippen LogP contribution >= 0.6 is 0 Å². The van der Waals surface area contributed by atoms with Crippen molar-refractivity contribution >= 4 is 11.7 Å². The Morgan fingerprint density at radius 2 is 1.96 bits per heavy atom. The van der Waals surface area contributed by atoms with Crippen molar-refractivity contribution in [3.8, 4) is 0 Å². The maximum atomic E-state index is 11.9. The number of nitro benzene ring substituents is 1. The number of hydrogen-bond acceptors (Lipinski definition) is 4. The molecule has 24 heavy (non-hydrogen) atoms. The highest BCUT2D eigenvalue weighted by Crippen LogP contribution is 2.12. The number of non-ortho nitro benzene ring substituents is 1. The summed E-state index contributed by atoms with van der Waals surface area (Å²) in [5.41, 5.74) is 1.05. The molecular weight excluding hydrogens is 308 g/mol. The lowest BCUT2D eigenvalue weighted by Gasteiger charge is -2.32. The Balaban J connectivity index is 1.64. The summed E-state index contributed by atoms with van der Waals surface area (Å²) in [5.74, 6) is 0. The number of likely N-dealkylation sites (tertiary alicyclic amines) is 1. The fourth-order valence-corrected chi connectivity index (χ4v) is 2.96. The van der Waals surface area contributed by atoms with E-state index in [4.69, 9.17) is 0 Å². The zero-order valence-corrected chi connectivity index (χ0v) is 14.2. The number of amides is 2. The van der Waals surface area contributed by atoms with E-state index < -0.39 is 4.92 Å². The molecule has 0 saturated carbocycles.